The first kappa shape index (κ1) is 22.6. The molecule has 0 bridgehead atoms. The highest BCUT2D eigenvalue weighted by Gasteiger charge is 2.23. The molecular formula is C23H26FN3O3S2. The van der Waals surface area contributed by atoms with Crippen LogP contribution in [-0.4, -0.2) is 40.7 Å². The highest BCUT2D eigenvalue weighted by molar-refractivity contribution is 7.92. The second kappa shape index (κ2) is 9.09. The molecule has 32 heavy (non-hydrogen) atoms. The summed E-state index contributed by atoms with van der Waals surface area (Å²) >= 11 is 1.45. The number of halogens is 1. The molecule has 1 aliphatic heterocycles. The van der Waals surface area contributed by atoms with Crippen molar-refractivity contribution in [2.75, 3.05) is 29.8 Å². The maximum atomic E-state index is 14.7. The summed E-state index contributed by atoms with van der Waals surface area (Å²) in [5, 5.41) is 7.15. The predicted molar refractivity (Wildman–Crippen MR) is 128 cm³/mol. The first-order chi connectivity index (χ1) is 15.3. The Hall–Kier alpha value is -2.62. The second-order valence-electron chi connectivity index (χ2n) is 8.02. The van der Waals surface area contributed by atoms with Crippen LogP contribution in [0.25, 0.3) is 11.1 Å². The maximum Gasteiger partial charge on any atom is 0.262 e. The lowest BCUT2D eigenvalue weighted by molar-refractivity contribution is 0.406. The number of thiophene rings is 1. The summed E-state index contributed by atoms with van der Waals surface area (Å²) < 4.78 is 48.7. The molecule has 2 aromatic carbocycles. The van der Waals surface area contributed by atoms with Gasteiger partial charge in [-0.1, -0.05) is 6.07 Å². The maximum absolute atomic E-state index is 14.7. The van der Waals surface area contributed by atoms with Crippen molar-refractivity contribution >= 4 is 32.7 Å². The average molecular weight is 476 g/mol. The van der Waals surface area contributed by atoms with Crippen molar-refractivity contribution in [2.24, 2.45) is 0 Å². The van der Waals surface area contributed by atoms with Crippen molar-refractivity contribution in [3.05, 3.63) is 59.0 Å². The number of methoxy groups -OCH3 is 1. The van der Waals surface area contributed by atoms with Crippen LogP contribution in [0.15, 0.2) is 58.1 Å². The minimum atomic E-state index is -4.02. The second-order valence-corrected chi connectivity index (χ2v) is 10.5. The van der Waals surface area contributed by atoms with Gasteiger partial charge in [-0.05, 0) is 66.6 Å². The Morgan fingerprint density at radius 3 is 2.50 bits per heavy atom. The van der Waals surface area contributed by atoms with Crippen LogP contribution in [-0.2, 0) is 10.0 Å². The van der Waals surface area contributed by atoms with Crippen LogP contribution < -0.4 is 19.7 Å². The fourth-order valence-electron chi connectivity index (χ4n) is 4.03. The van der Waals surface area contributed by atoms with E-state index >= 15 is 0 Å². The van der Waals surface area contributed by atoms with Gasteiger partial charge in [-0.15, -0.1) is 0 Å². The van der Waals surface area contributed by atoms with Gasteiger partial charge in [0.1, 0.15) is 11.6 Å². The van der Waals surface area contributed by atoms with Crippen LogP contribution in [0.5, 0.6) is 5.75 Å². The Kier molecular flexibility index (Phi) is 6.41. The molecule has 0 aliphatic carbocycles. The summed E-state index contributed by atoms with van der Waals surface area (Å²) in [7, 11) is -2.54. The molecule has 4 rings (SSSR count). The van der Waals surface area contributed by atoms with E-state index in [1.54, 1.807) is 18.2 Å². The van der Waals surface area contributed by atoms with E-state index in [9.17, 15) is 12.8 Å². The standard InChI is InChI=1S/C23H26FN3O3S2/c1-15-12-27(13-16(2)25-15)18-4-7-23(30-3)22(10-18)26-32(28,29)19-5-6-20(21(24)11-19)17-8-9-31-14-17/h4-11,14-16,25-26H,12-13H2,1-3H3. The number of anilines is 2. The van der Waals surface area contributed by atoms with E-state index in [0.717, 1.165) is 30.4 Å². The molecule has 6 nitrogen and oxygen atoms in total. The predicted octanol–water partition coefficient (Wildman–Crippen LogP) is 4.55. The third-order valence-electron chi connectivity index (χ3n) is 5.43. The summed E-state index contributed by atoms with van der Waals surface area (Å²) in [6.45, 7) is 5.84. The van der Waals surface area contributed by atoms with Gasteiger partial charge < -0.3 is 15.0 Å². The molecule has 1 saturated heterocycles. The van der Waals surface area contributed by atoms with Crippen LogP contribution in [0.3, 0.4) is 0 Å². The van der Waals surface area contributed by atoms with E-state index in [1.807, 2.05) is 16.8 Å². The molecular weight excluding hydrogens is 449 g/mol. The lowest BCUT2D eigenvalue weighted by Gasteiger charge is -2.38. The molecule has 1 aromatic heterocycles. The molecule has 170 valence electrons. The van der Waals surface area contributed by atoms with Gasteiger partial charge in [0.25, 0.3) is 10.0 Å². The van der Waals surface area contributed by atoms with Gasteiger partial charge in [0.2, 0.25) is 0 Å². The van der Waals surface area contributed by atoms with Gasteiger partial charge in [0.15, 0.2) is 0 Å². The Morgan fingerprint density at radius 2 is 1.88 bits per heavy atom. The Morgan fingerprint density at radius 1 is 1.12 bits per heavy atom. The summed E-state index contributed by atoms with van der Waals surface area (Å²) in [5.41, 5.74) is 2.29. The fraction of sp³-hybridized carbons (Fsp3) is 0.304. The number of sulfonamides is 1. The number of benzene rings is 2. The van der Waals surface area contributed by atoms with Crippen LogP contribution in [0.4, 0.5) is 15.8 Å². The van der Waals surface area contributed by atoms with Crippen molar-refractivity contribution < 1.29 is 17.5 Å². The summed E-state index contributed by atoms with van der Waals surface area (Å²) in [5.74, 6) is -0.195. The third-order valence-corrected chi connectivity index (χ3v) is 7.48. The number of nitrogens with zero attached hydrogens (tertiary/aromatic N) is 1. The fourth-order valence-corrected chi connectivity index (χ4v) is 5.76. The number of ether oxygens (including phenoxy) is 1. The molecule has 2 atom stereocenters. The minimum absolute atomic E-state index is 0.147. The smallest absolute Gasteiger partial charge is 0.262 e. The van der Waals surface area contributed by atoms with Gasteiger partial charge in [0, 0.05) is 36.4 Å². The van der Waals surface area contributed by atoms with Crippen molar-refractivity contribution in [3.63, 3.8) is 0 Å². The molecule has 2 N–H and O–H groups in total. The van der Waals surface area contributed by atoms with Gasteiger partial charge in [-0.25, -0.2) is 12.8 Å². The van der Waals surface area contributed by atoms with Gasteiger partial charge >= 0.3 is 0 Å². The zero-order valence-electron chi connectivity index (χ0n) is 18.1. The Bertz CT molecular complexity index is 1190. The van der Waals surface area contributed by atoms with E-state index in [2.05, 4.69) is 28.8 Å². The summed E-state index contributed by atoms with van der Waals surface area (Å²) in [4.78, 5) is 2.06. The summed E-state index contributed by atoms with van der Waals surface area (Å²) in [6, 6.07) is 11.8. The molecule has 2 heterocycles. The van der Waals surface area contributed by atoms with Gasteiger partial charge in [-0.3, -0.25) is 4.72 Å². The van der Waals surface area contributed by atoms with Crippen LogP contribution in [0.1, 0.15) is 13.8 Å². The van der Waals surface area contributed by atoms with Gasteiger partial charge in [0.05, 0.1) is 17.7 Å². The highest BCUT2D eigenvalue weighted by Crippen LogP contribution is 2.33. The monoisotopic (exact) mass is 475 g/mol. The van der Waals surface area contributed by atoms with E-state index in [4.69, 9.17) is 4.74 Å². The summed E-state index contributed by atoms with van der Waals surface area (Å²) in [6.07, 6.45) is 0. The quantitative estimate of drug-likeness (QED) is 0.547. The average Bonchev–Trinajstić information content (AvgIpc) is 3.27. The zero-order chi connectivity index (χ0) is 22.9. The molecule has 0 saturated carbocycles. The van der Waals surface area contributed by atoms with Crippen molar-refractivity contribution in [3.8, 4) is 16.9 Å². The molecule has 3 aromatic rings. The zero-order valence-corrected chi connectivity index (χ0v) is 19.8. The normalized spacial score (nSPS) is 19.1. The number of piperazine rings is 1. The lowest BCUT2D eigenvalue weighted by atomic mass is 10.1. The highest BCUT2D eigenvalue weighted by atomic mass is 32.2. The molecule has 2 unspecified atom stereocenters. The third kappa shape index (κ3) is 4.74. The first-order valence-corrected chi connectivity index (χ1v) is 12.7. The van der Waals surface area contributed by atoms with Crippen molar-refractivity contribution in [2.45, 2.75) is 30.8 Å². The van der Waals surface area contributed by atoms with Crippen LogP contribution in [0, 0.1) is 5.82 Å². The Labute approximate surface area is 192 Å². The van der Waals surface area contributed by atoms with Crippen molar-refractivity contribution in [1.82, 2.24) is 5.32 Å². The number of hydrogen-bond acceptors (Lipinski definition) is 6. The van der Waals surface area contributed by atoms with Crippen molar-refractivity contribution in [1.29, 1.82) is 0 Å². The van der Waals surface area contributed by atoms with E-state index < -0.39 is 15.8 Å². The lowest BCUT2D eigenvalue weighted by Crippen LogP contribution is -2.54. The Balaban J connectivity index is 1.63. The number of hydrogen-bond donors (Lipinski definition) is 2. The van der Waals surface area contributed by atoms with E-state index in [1.165, 1.54) is 30.6 Å². The molecule has 0 amide bonds. The SMILES string of the molecule is COc1ccc(N2CC(C)NC(C)C2)cc1NS(=O)(=O)c1ccc(-c2ccsc2)c(F)c1. The largest absolute Gasteiger partial charge is 0.495 e. The molecule has 1 aliphatic rings. The first-order valence-electron chi connectivity index (χ1n) is 10.3. The van der Waals surface area contributed by atoms with Crippen LogP contribution in [0.2, 0.25) is 0 Å². The van der Waals surface area contributed by atoms with E-state index in [-0.39, 0.29) is 4.90 Å². The van der Waals surface area contributed by atoms with E-state index in [0.29, 0.717) is 29.1 Å². The minimum Gasteiger partial charge on any atom is -0.495 e. The molecule has 0 radical (unpaired) electrons. The number of nitrogens with one attached hydrogen (secondary N) is 2. The molecule has 1 fully saturated rings. The molecule has 9 heteroatoms. The topological polar surface area (TPSA) is 70.7 Å². The number of rotatable bonds is 6. The molecule has 0 spiro atoms. The van der Waals surface area contributed by atoms with Crippen LogP contribution >= 0.6 is 11.3 Å². The van der Waals surface area contributed by atoms with Gasteiger partial charge in [-0.2, -0.15) is 11.3 Å².